The summed E-state index contributed by atoms with van der Waals surface area (Å²) < 4.78 is 16.2. The van der Waals surface area contributed by atoms with Crippen molar-refractivity contribution in [3.05, 3.63) is 80.5 Å². The fourth-order valence-electron chi connectivity index (χ4n) is 5.43. The number of nitrogens with one attached hydrogen (secondary N) is 2. The fourth-order valence-corrected chi connectivity index (χ4v) is 5.43. The van der Waals surface area contributed by atoms with Gasteiger partial charge < -0.3 is 20.0 Å². The number of hydrogen-bond donors (Lipinski definition) is 3. The second-order valence-corrected chi connectivity index (χ2v) is 9.47. The van der Waals surface area contributed by atoms with Crippen LogP contribution >= 0.6 is 0 Å². The molecule has 1 saturated heterocycles. The van der Waals surface area contributed by atoms with Gasteiger partial charge >= 0.3 is 0 Å². The number of halogens is 1. The number of H-pyrrole nitrogens is 1. The Morgan fingerprint density at radius 1 is 1.14 bits per heavy atom. The smallest absolute Gasteiger partial charge is 0.258 e. The molecule has 0 bridgehead atoms. The standard InChI is InChI=1S/C25H25FN6O3/c26-17-11-28-19-5-6-21(33)32-14-25(35,22(17)23(19)32)13-31-9-7-15(8-10-31)27-12-20-29-18-4-2-1-3-16(18)24(34)30-20/h1-6,11,15,27,35H,7-10,12-14H2,(H,29,30,34)/t25-/m0/s1. The third-order valence-corrected chi connectivity index (χ3v) is 7.13. The van der Waals surface area contributed by atoms with Gasteiger partial charge in [0.1, 0.15) is 17.2 Å². The first-order valence-electron chi connectivity index (χ1n) is 11.8. The van der Waals surface area contributed by atoms with Crippen LogP contribution in [0.3, 0.4) is 0 Å². The number of likely N-dealkylation sites (tertiary alicyclic amines) is 1. The summed E-state index contributed by atoms with van der Waals surface area (Å²) in [6.07, 6.45) is 2.77. The number of aliphatic hydroxyl groups is 1. The van der Waals surface area contributed by atoms with Crippen LogP contribution < -0.4 is 16.4 Å². The third kappa shape index (κ3) is 3.83. The summed E-state index contributed by atoms with van der Waals surface area (Å²) >= 11 is 0. The number of aromatic nitrogens is 4. The fraction of sp³-hybridized carbons (Fsp3) is 0.360. The molecular formula is C25H25FN6O3. The summed E-state index contributed by atoms with van der Waals surface area (Å²) in [4.78, 5) is 38.2. The van der Waals surface area contributed by atoms with Crippen molar-refractivity contribution in [1.82, 2.24) is 29.7 Å². The van der Waals surface area contributed by atoms with Gasteiger partial charge in [-0.3, -0.25) is 19.5 Å². The van der Waals surface area contributed by atoms with E-state index in [2.05, 4.69) is 25.2 Å². The van der Waals surface area contributed by atoms with Crippen molar-refractivity contribution in [2.24, 2.45) is 0 Å². The minimum atomic E-state index is -1.49. The molecular weight excluding hydrogens is 451 g/mol. The van der Waals surface area contributed by atoms with Crippen LogP contribution in [0.4, 0.5) is 4.39 Å². The van der Waals surface area contributed by atoms with Gasteiger partial charge in [-0.1, -0.05) is 12.1 Å². The van der Waals surface area contributed by atoms with E-state index in [1.807, 2.05) is 18.2 Å². The number of para-hydroxylation sites is 1. The molecule has 0 aliphatic carbocycles. The molecule has 1 atom stereocenters. The Morgan fingerprint density at radius 2 is 1.94 bits per heavy atom. The first-order chi connectivity index (χ1) is 16.9. The van der Waals surface area contributed by atoms with E-state index in [4.69, 9.17) is 0 Å². The Labute approximate surface area is 199 Å². The Balaban J connectivity index is 1.11. The Morgan fingerprint density at radius 3 is 2.77 bits per heavy atom. The molecule has 0 radical (unpaired) electrons. The molecule has 6 rings (SSSR count). The number of nitrogens with zero attached hydrogens (tertiary/aromatic N) is 4. The van der Waals surface area contributed by atoms with E-state index in [0.29, 0.717) is 47.4 Å². The van der Waals surface area contributed by atoms with Gasteiger partial charge in [-0.15, -0.1) is 0 Å². The molecule has 0 unspecified atom stereocenters. The Hall–Kier alpha value is -3.47. The highest BCUT2D eigenvalue weighted by Crippen LogP contribution is 2.37. The van der Waals surface area contributed by atoms with Crippen LogP contribution in [0.5, 0.6) is 0 Å². The van der Waals surface area contributed by atoms with Crippen molar-refractivity contribution in [1.29, 1.82) is 0 Å². The largest absolute Gasteiger partial charge is 0.382 e. The maximum absolute atomic E-state index is 14.8. The minimum Gasteiger partial charge on any atom is -0.382 e. The summed E-state index contributed by atoms with van der Waals surface area (Å²) in [5.41, 5.74) is -0.200. The third-order valence-electron chi connectivity index (χ3n) is 7.13. The molecule has 4 aromatic rings. The average Bonchev–Trinajstić information content (AvgIpc) is 3.17. The van der Waals surface area contributed by atoms with Crippen LogP contribution in [-0.4, -0.2) is 55.2 Å². The van der Waals surface area contributed by atoms with E-state index < -0.39 is 11.4 Å². The van der Waals surface area contributed by atoms with Gasteiger partial charge in [0.2, 0.25) is 0 Å². The average molecular weight is 477 g/mol. The lowest BCUT2D eigenvalue weighted by Gasteiger charge is -2.37. The molecule has 2 aliphatic heterocycles. The highest BCUT2D eigenvalue weighted by molar-refractivity contribution is 5.81. The van der Waals surface area contributed by atoms with E-state index in [0.717, 1.165) is 19.0 Å². The number of pyridine rings is 2. The second-order valence-electron chi connectivity index (χ2n) is 9.47. The molecule has 3 N–H and O–H groups in total. The first-order valence-corrected chi connectivity index (χ1v) is 11.8. The maximum Gasteiger partial charge on any atom is 0.258 e. The number of aromatic amines is 1. The first kappa shape index (κ1) is 22.0. The van der Waals surface area contributed by atoms with Crippen molar-refractivity contribution >= 4 is 21.9 Å². The van der Waals surface area contributed by atoms with Crippen LogP contribution in [-0.2, 0) is 18.7 Å². The number of β-amino-alcohol motifs (C(OH)–C–C–N with tert-alkyl or cyclic N) is 1. The molecule has 9 nitrogen and oxygen atoms in total. The molecule has 2 aliphatic rings. The molecule has 0 spiro atoms. The maximum atomic E-state index is 14.8. The Bertz CT molecular complexity index is 1560. The number of piperidine rings is 1. The molecule has 0 saturated carbocycles. The van der Waals surface area contributed by atoms with Crippen molar-refractivity contribution in [2.45, 2.75) is 37.6 Å². The van der Waals surface area contributed by atoms with Gasteiger partial charge in [0, 0.05) is 18.7 Å². The Kier molecular flexibility index (Phi) is 5.24. The zero-order valence-corrected chi connectivity index (χ0v) is 19.0. The molecule has 180 valence electrons. The van der Waals surface area contributed by atoms with E-state index >= 15 is 0 Å². The van der Waals surface area contributed by atoms with E-state index in [1.165, 1.54) is 10.6 Å². The van der Waals surface area contributed by atoms with E-state index in [-0.39, 0.29) is 35.8 Å². The quantitative estimate of drug-likeness (QED) is 0.397. The number of fused-ring (bicyclic) bond motifs is 1. The van der Waals surface area contributed by atoms with Crippen LogP contribution in [0.2, 0.25) is 0 Å². The zero-order valence-electron chi connectivity index (χ0n) is 19.0. The van der Waals surface area contributed by atoms with Gasteiger partial charge in [0.25, 0.3) is 11.1 Å². The van der Waals surface area contributed by atoms with Crippen LogP contribution in [0, 0.1) is 5.82 Å². The molecule has 5 heterocycles. The number of rotatable bonds is 5. The van der Waals surface area contributed by atoms with E-state index in [9.17, 15) is 19.1 Å². The SMILES string of the molecule is O=c1[nH]c(CNC2CCN(C[C@]3(O)Cn4c(=O)ccc5ncc(F)c3c54)CC2)nc2ccccc12. The highest BCUT2D eigenvalue weighted by atomic mass is 19.1. The van der Waals surface area contributed by atoms with Crippen molar-refractivity contribution in [3.8, 4) is 0 Å². The monoisotopic (exact) mass is 476 g/mol. The molecule has 0 amide bonds. The molecule has 10 heteroatoms. The summed E-state index contributed by atoms with van der Waals surface area (Å²) in [5, 5.41) is 15.5. The summed E-state index contributed by atoms with van der Waals surface area (Å²) in [6, 6.07) is 10.4. The molecule has 3 aromatic heterocycles. The van der Waals surface area contributed by atoms with Crippen molar-refractivity contribution < 1.29 is 9.50 Å². The molecule has 1 fully saturated rings. The lowest BCUT2D eigenvalue weighted by molar-refractivity contribution is -0.0159. The van der Waals surface area contributed by atoms with Gasteiger partial charge in [-0.25, -0.2) is 9.37 Å². The summed E-state index contributed by atoms with van der Waals surface area (Å²) in [7, 11) is 0. The number of hydrogen-bond acceptors (Lipinski definition) is 7. The lowest BCUT2D eigenvalue weighted by Crippen LogP contribution is -2.48. The van der Waals surface area contributed by atoms with Crippen molar-refractivity contribution in [3.63, 3.8) is 0 Å². The normalized spacial score (nSPS) is 20.7. The van der Waals surface area contributed by atoms with Crippen LogP contribution in [0.25, 0.3) is 21.9 Å². The zero-order chi connectivity index (χ0) is 24.2. The van der Waals surface area contributed by atoms with Crippen molar-refractivity contribution in [2.75, 3.05) is 19.6 Å². The van der Waals surface area contributed by atoms with Gasteiger partial charge in [0.15, 0.2) is 0 Å². The number of benzene rings is 1. The van der Waals surface area contributed by atoms with Gasteiger partial charge in [-0.05, 0) is 44.1 Å². The second kappa shape index (κ2) is 8.33. The highest BCUT2D eigenvalue weighted by Gasteiger charge is 2.43. The van der Waals surface area contributed by atoms with Gasteiger partial charge in [0.05, 0.1) is 46.8 Å². The predicted octanol–water partition coefficient (Wildman–Crippen LogP) is 1.23. The topological polar surface area (TPSA) is 116 Å². The van der Waals surface area contributed by atoms with Gasteiger partial charge in [-0.2, -0.15) is 0 Å². The van der Waals surface area contributed by atoms with Crippen LogP contribution in [0.15, 0.2) is 52.2 Å². The summed E-state index contributed by atoms with van der Waals surface area (Å²) in [6.45, 7) is 2.12. The lowest BCUT2D eigenvalue weighted by atomic mass is 9.93. The predicted molar refractivity (Wildman–Crippen MR) is 129 cm³/mol. The van der Waals surface area contributed by atoms with E-state index in [1.54, 1.807) is 12.1 Å². The molecule has 1 aromatic carbocycles. The minimum absolute atomic E-state index is 0.0142. The van der Waals surface area contributed by atoms with Crippen LogP contribution in [0.1, 0.15) is 24.2 Å². The summed E-state index contributed by atoms with van der Waals surface area (Å²) in [5.74, 6) is 0.00191. The molecule has 35 heavy (non-hydrogen) atoms.